The third-order valence-corrected chi connectivity index (χ3v) is 6.48. The number of allylic oxidation sites excluding steroid dienone is 1. The van der Waals surface area contributed by atoms with E-state index in [4.69, 9.17) is 0 Å². The highest BCUT2D eigenvalue weighted by Gasteiger charge is 2.49. The standard InChI is InChI=1S/C25H31N3O2/c1-2-6-19-8-10-21(11-9-19)25-22-17-27(13-3-4-14-28(22)23(25)18-29)24(30)15-20-7-5-12-26-16-20/h2,5-12,16,22-23,25,29H,3-4,13-15,17-18H2,1H3/t22-,23-,25+/m1/s1. The van der Waals surface area contributed by atoms with Gasteiger partial charge in [-0.25, -0.2) is 0 Å². The van der Waals surface area contributed by atoms with Crippen LogP contribution >= 0.6 is 0 Å². The first kappa shape index (κ1) is 20.8. The van der Waals surface area contributed by atoms with E-state index in [-0.39, 0.29) is 30.5 Å². The molecule has 2 saturated heterocycles. The first-order valence-electron chi connectivity index (χ1n) is 11.0. The monoisotopic (exact) mass is 405 g/mol. The minimum Gasteiger partial charge on any atom is -0.395 e. The quantitative estimate of drug-likeness (QED) is 0.831. The molecule has 2 aromatic rings. The molecule has 2 fully saturated rings. The number of carbonyl (C=O) groups excluding carboxylic acids is 1. The predicted molar refractivity (Wildman–Crippen MR) is 119 cm³/mol. The van der Waals surface area contributed by atoms with Gasteiger partial charge < -0.3 is 10.0 Å². The number of fused-ring (bicyclic) bond motifs is 1. The molecule has 0 saturated carbocycles. The summed E-state index contributed by atoms with van der Waals surface area (Å²) in [6, 6.07) is 12.9. The van der Waals surface area contributed by atoms with Crippen LogP contribution in [0.15, 0.2) is 54.9 Å². The fraction of sp³-hybridized carbons (Fsp3) is 0.440. The number of aromatic nitrogens is 1. The molecule has 4 rings (SSSR count). The zero-order valence-corrected chi connectivity index (χ0v) is 17.7. The molecule has 158 valence electrons. The summed E-state index contributed by atoms with van der Waals surface area (Å²) in [5.41, 5.74) is 3.40. The van der Waals surface area contributed by atoms with Crippen molar-refractivity contribution in [2.45, 2.75) is 44.2 Å². The smallest absolute Gasteiger partial charge is 0.227 e. The normalized spacial score (nSPS) is 24.7. The topological polar surface area (TPSA) is 56.7 Å². The Hall–Kier alpha value is -2.50. The van der Waals surface area contributed by atoms with Crippen LogP contribution in [0.4, 0.5) is 0 Å². The fourth-order valence-corrected chi connectivity index (χ4v) is 4.98. The number of carbonyl (C=O) groups is 1. The van der Waals surface area contributed by atoms with Crippen molar-refractivity contribution in [1.29, 1.82) is 0 Å². The summed E-state index contributed by atoms with van der Waals surface area (Å²) >= 11 is 0. The molecule has 2 aliphatic heterocycles. The molecule has 0 unspecified atom stereocenters. The number of hydrogen-bond acceptors (Lipinski definition) is 4. The van der Waals surface area contributed by atoms with Crippen LogP contribution in [0.2, 0.25) is 0 Å². The molecule has 0 spiro atoms. The lowest BCUT2D eigenvalue weighted by molar-refractivity contribution is -0.135. The van der Waals surface area contributed by atoms with E-state index in [2.05, 4.69) is 40.2 Å². The highest BCUT2D eigenvalue weighted by molar-refractivity contribution is 5.78. The van der Waals surface area contributed by atoms with E-state index in [1.54, 1.807) is 12.4 Å². The minimum absolute atomic E-state index is 0.135. The second-order valence-corrected chi connectivity index (χ2v) is 8.33. The summed E-state index contributed by atoms with van der Waals surface area (Å²) in [7, 11) is 0. The first-order valence-corrected chi connectivity index (χ1v) is 11.0. The Morgan fingerprint density at radius 3 is 2.70 bits per heavy atom. The van der Waals surface area contributed by atoms with Gasteiger partial charge >= 0.3 is 0 Å². The molecule has 1 amide bonds. The Labute approximate surface area is 179 Å². The van der Waals surface area contributed by atoms with Crippen molar-refractivity contribution in [3.05, 3.63) is 71.6 Å². The maximum atomic E-state index is 13.0. The fourth-order valence-electron chi connectivity index (χ4n) is 4.98. The van der Waals surface area contributed by atoms with E-state index >= 15 is 0 Å². The van der Waals surface area contributed by atoms with Gasteiger partial charge in [-0.1, -0.05) is 42.5 Å². The number of nitrogens with zero attached hydrogens (tertiary/aromatic N) is 3. The van der Waals surface area contributed by atoms with E-state index < -0.39 is 0 Å². The highest BCUT2D eigenvalue weighted by Crippen LogP contribution is 2.42. The largest absolute Gasteiger partial charge is 0.395 e. The maximum absolute atomic E-state index is 13.0. The van der Waals surface area contributed by atoms with E-state index in [1.165, 1.54) is 11.1 Å². The number of rotatable bonds is 5. The molecule has 2 aliphatic rings. The van der Waals surface area contributed by atoms with Crippen molar-refractivity contribution in [1.82, 2.24) is 14.8 Å². The van der Waals surface area contributed by atoms with E-state index in [1.807, 2.05) is 30.0 Å². The van der Waals surface area contributed by atoms with Gasteiger partial charge in [0.1, 0.15) is 0 Å². The van der Waals surface area contributed by atoms with Gasteiger partial charge in [-0.15, -0.1) is 0 Å². The molecule has 5 heteroatoms. The van der Waals surface area contributed by atoms with Crippen LogP contribution in [0.1, 0.15) is 42.4 Å². The molecule has 1 N–H and O–H groups in total. The number of benzene rings is 1. The van der Waals surface area contributed by atoms with Crippen LogP contribution in [0.25, 0.3) is 6.08 Å². The average Bonchev–Trinajstić information content (AvgIpc) is 2.74. The molecule has 30 heavy (non-hydrogen) atoms. The van der Waals surface area contributed by atoms with Gasteiger partial charge in [0.15, 0.2) is 0 Å². The van der Waals surface area contributed by atoms with Crippen LogP contribution in [-0.2, 0) is 11.2 Å². The third kappa shape index (κ3) is 4.32. The van der Waals surface area contributed by atoms with Gasteiger partial charge in [-0.3, -0.25) is 14.7 Å². The Kier molecular flexibility index (Phi) is 6.60. The van der Waals surface area contributed by atoms with Gasteiger partial charge in [0.25, 0.3) is 0 Å². The van der Waals surface area contributed by atoms with Crippen LogP contribution in [0.5, 0.6) is 0 Å². The SMILES string of the molecule is CC=Cc1ccc([C@@H]2[C@@H](CO)N3CCCCN(C(=O)Cc4cccnc4)C[C@H]23)cc1. The molecule has 1 aromatic heterocycles. The molecule has 1 aromatic carbocycles. The van der Waals surface area contributed by atoms with Gasteiger partial charge in [0.05, 0.1) is 13.0 Å². The van der Waals surface area contributed by atoms with Crippen molar-refractivity contribution >= 4 is 12.0 Å². The van der Waals surface area contributed by atoms with Crippen LogP contribution < -0.4 is 0 Å². The summed E-state index contributed by atoms with van der Waals surface area (Å²) < 4.78 is 0. The van der Waals surface area contributed by atoms with Crippen molar-refractivity contribution in [2.75, 3.05) is 26.2 Å². The predicted octanol–water partition coefficient (Wildman–Crippen LogP) is 3.11. The molecule has 5 nitrogen and oxygen atoms in total. The van der Waals surface area contributed by atoms with Gasteiger partial charge in [-0.05, 0) is 49.1 Å². The van der Waals surface area contributed by atoms with E-state index in [0.29, 0.717) is 6.42 Å². The van der Waals surface area contributed by atoms with Crippen molar-refractivity contribution in [3.63, 3.8) is 0 Å². The number of hydrogen-bond donors (Lipinski definition) is 1. The van der Waals surface area contributed by atoms with Crippen molar-refractivity contribution in [3.8, 4) is 0 Å². The maximum Gasteiger partial charge on any atom is 0.227 e. The number of amides is 1. The van der Waals surface area contributed by atoms with E-state index in [9.17, 15) is 9.90 Å². The molecule has 0 radical (unpaired) electrons. The Morgan fingerprint density at radius 1 is 1.20 bits per heavy atom. The minimum atomic E-state index is 0.135. The lowest BCUT2D eigenvalue weighted by Gasteiger charge is -2.57. The average molecular weight is 406 g/mol. The van der Waals surface area contributed by atoms with Gasteiger partial charge in [-0.2, -0.15) is 0 Å². The summed E-state index contributed by atoms with van der Waals surface area (Å²) in [6.45, 7) is 4.69. The van der Waals surface area contributed by atoms with Crippen molar-refractivity contribution in [2.24, 2.45) is 0 Å². The molecule has 3 heterocycles. The first-order chi connectivity index (χ1) is 14.7. The van der Waals surface area contributed by atoms with Crippen LogP contribution in [0, 0.1) is 0 Å². The molecule has 3 atom stereocenters. The van der Waals surface area contributed by atoms with Gasteiger partial charge in [0.2, 0.25) is 5.91 Å². The summed E-state index contributed by atoms with van der Waals surface area (Å²) in [5.74, 6) is 0.418. The Morgan fingerprint density at radius 2 is 2.00 bits per heavy atom. The number of pyridine rings is 1. The molecule has 0 bridgehead atoms. The van der Waals surface area contributed by atoms with E-state index in [0.717, 1.165) is 38.0 Å². The Balaban J connectivity index is 1.52. The van der Waals surface area contributed by atoms with Crippen LogP contribution in [-0.4, -0.2) is 64.1 Å². The molecular weight excluding hydrogens is 374 g/mol. The van der Waals surface area contributed by atoms with Crippen LogP contribution in [0.3, 0.4) is 0 Å². The Bertz CT molecular complexity index is 866. The second-order valence-electron chi connectivity index (χ2n) is 8.33. The third-order valence-electron chi connectivity index (χ3n) is 6.48. The summed E-state index contributed by atoms with van der Waals surface area (Å²) in [5, 5.41) is 10.1. The molecule has 0 aliphatic carbocycles. The van der Waals surface area contributed by atoms with Crippen molar-refractivity contribution < 1.29 is 9.90 Å². The summed E-state index contributed by atoms with van der Waals surface area (Å²) in [6.07, 6.45) is 10.1. The zero-order chi connectivity index (χ0) is 20.9. The second kappa shape index (κ2) is 9.54. The molecular formula is C25H31N3O2. The lowest BCUT2D eigenvalue weighted by atomic mass is 9.74. The zero-order valence-electron chi connectivity index (χ0n) is 17.7. The highest BCUT2D eigenvalue weighted by atomic mass is 16.3. The number of aliphatic hydroxyl groups is 1. The number of aliphatic hydroxyl groups excluding tert-OH is 1. The summed E-state index contributed by atoms with van der Waals surface area (Å²) in [4.78, 5) is 21.6. The lowest BCUT2D eigenvalue weighted by Crippen LogP contribution is -2.68. The van der Waals surface area contributed by atoms with Gasteiger partial charge in [0, 0.05) is 43.5 Å².